The summed E-state index contributed by atoms with van der Waals surface area (Å²) < 4.78 is 101. The van der Waals surface area contributed by atoms with Crippen LogP contribution in [0.15, 0.2) is 158 Å². The number of benzene rings is 6. The van der Waals surface area contributed by atoms with Gasteiger partial charge in [-0.25, -0.2) is 9.97 Å². The quantitative estimate of drug-likeness (QED) is 0.190. The summed E-state index contributed by atoms with van der Waals surface area (Å²) in [6, 6.07) is 32.9. The van der Waals surface area contributed by atoms with E-state index in [2.05, 4.69) is 0 Å². The molecule has 1 spiro atoms. The van der Waals surface area contributed by atoms with E-state index in [0.717, 1.165) is 33.5 Å². The molecule has 1 aromatic heterocycles. The predicted molar refractivity (Wildman–Crippen MR) is 199 cm³/mol. The van der Waals surface area contributed by atoms with Crippen LogP contribution in [0.3, 0.4) is 0 Å². The lowest BCUT2D eigenvalue weighted by Gasteiger charge is -2.36. The molecule has 48 heavy (non-hydrogen) atoms. The third-order valence-electron chi connectivity index (χ3n) is 9.10. The molecule has 0 radical (unpaired) electrons. The van der Waals surface area contributed by atoms with Crippen LogP contribution in [0.2, 0.25) is 0 Å². The van der Waals surface area contributed by atoms with E-state index in [0.29, 0.717) is 17.1 Å². The highest BCUT2D eigenvalue weighted by Gasteiger charge is 2.43. The number of hydrogen-bond acceptors (Lipinski definition) is 2. The maximum absolute atomic E-state index is 9.78. The minimum Gasteiger partial charge on any atom is -0.228 e. The van der Waals surface area contributed by atoms with Gasteiger partial charge in [0.2, 0.25) is 0 Å². The lowest BCUT2D eigenvalue weighted by atomic mass is 9.67. The molecule has 7 aromatic rings. The first-order chi connectivity index (χ1) is 28.2. The van der Waals surface area contributed by atoms with Crippen LogP contribution in [0.4, 0.5) is 0 Å². The predicted octanol–water partition coefficient (Wildman–Crippen LogP) is 12.0. The molecule has 0 amide bonds. The molecule has 0 saturated heterocycles. The minimum absolute atomic E-state index is 0.0119. The fourth-order valence-electron chi connectivity index (χ4n) is 6.76. The van der Waals surface area contributed by atoms with Crippen molar-refractivity contribution < 1.29 is 15.1 Å². The fourth-order valence-corrected chi connectivity index (χ4v) is 6.76. The van der Waals surface area contributed by atoms with E-state index in [9.17, 15) is 9.60 Å². The average Bonchev–Trinajstić information content (AvgIpc) is 3.59. The SMILES string of the molecule is [2H]c1c([2H])c([2H])c2c(c1[2H])-c1c([2H])c([2H])c(-c3cccc(-c4cccc(-c5cc(-c6ccccc6)nc(-c6ccccc6)n5)c4)c3)c([2H])c1C21C([2H])([2H])CCCC1([2H])[2H]. The van der Waals surface area contributed by atoms with Crippen molar-refractivity contribution in [3.05, 3.63) is 169 Å². The van der Waals surface area contributed by atoms with Crippen molar-refractivity contribution in [2.45, 2.75) is 37.4 Å². The molecule has 2 heteroatoms. The van der Waals surface area contributed by atoms with Gasteiger partial charge in [0.25, 0.3) is 0 Å². The zero-order valence-corrected chi connectivity index (χ0v) is 26.0. The first kappa shape index (κ1) is 19.3. The van der Waals surface area contributed by atoms with E-state index in [1.54, 1.807) is 18.2 Å². The molecule has 2 aliphatic rings. The molecule has 0 unspecified atom stereocenters. The van der Waals surface area contributed by atoms with Gasteiger partial charge in [-0.2, -0.15) is 0 Å². The monoisotopic (exact) mass is 627 g/mol. The van der Waals surface area contributed by atoms with Crippen molar-refractivity contribution >= 4 is 0 Å². The molecule has 0 bridgehead atoms. The number of hydrogen-bond donors (Lipinski definition) is 0. The third kappa shape index (κ3) is 4.96. The molecule has 1 fully saturated rings. The standard InChI is InChI=1S/C46H36N2/c1-4-14-32(15-5-1)43-31-44(48-45(47-43)33-16-6-2-7-17-33)38-21-13-20-36(29-38)34-18-12-19-35(28-34)37-24-25-40-39-22-8-9-23-41(39)46(42(40)30-37)26-10-3-11-27-46/h1-2,4-9,12-25,28-31H,3,10-11,26-27H2/i8D,9D,22D,23D,24D,25D,26D2,27D2,30D. The summed E-state index contributed by atoms with van der Waals surface area (Å²) in [6.07, 6.45) is -4.91. The highest BCUT2D eigenvalue weighted by Crippen LogP contribution is 2.56. The Morgan fingerprint density at radius 1 is 0.479 bits per heavy atom. The van der Waals surface area contributed by atoms with Crippen molar-refractivity contribution in [3.8, 4) is 67.3 Å². The lowest BCUT2D eigenvalue weighted by molar-refractivity contribution is 0.353. The molecular weight excluding hydrogens is 581 g/mol. The molecule has 2 aliphatic carbocycles. The maximum atomic E-state index is 9.78. The van der Waals surface area contributed by atoms with Gasteiger partial charge in [0, 0.05) is 27.6 Å². The highest BCUT2D eigenvalue weighted by molar-refractivity contribution is 5.85. The van der Waals surface area contributed by atoms with Crippen molar-refractivity contribution in [1.29, 1.82) is 0 Å². The third-order valence-corrected chi connectivity index (χ3v) is 9.10. The van der Waals surface area contributed by atoms with Gasteiger partial charge in [-0.3, -0.25) is 0 Å². The molecule has 1 heterocycles. The molecular formula is C46H36N2. The summed E-state index contributed by atoms with van der Waals surface area (Å²) in [5.41, 5.74) is 2.73. The zero-order valence-electron chi connectivity index (χ0n) is 37.0. The van der Waals surface area contributed by atoms with E-state index in [-0.39, 0.29) is 59.2 Å². The largest absolute Gasteiger partial charge is 0.228 e. The highest BCUT2D eigenvalue weighted by atomic mass is 14.9. The summed E-state index contributed by atoms with van der Waals surface area (Å²) in [7, 11) is 0. The summed E-state index contributed by atoms with van der Waals surface area (Å²) in [4.78, 5) is 9.88. The second kappa shape index (κ2) is 11.9. The Morgan fingerprint density at radius 2 is 1.04 bits per heavy atom. The van der Waals surface area contributed by atoms with Gasteiger partial charge < -0.3 is 0 Å². The van der Waals surface area contributed by atoms with E-state index >= 15 is 0 Å². The van der Waals surface area contributed by atoms with Crippen molar-refractivity contribution in [2.24, 2.45) is 0 Å². The normalized spacial score (nSPS) is 19.8. The number of nitrogens with zero attached hydrogens (tertiary/aromatic N) is 2. The Balaban J connectivity index is 1.22. The lowest BCUT2D eigenvalue weighted by Crippen LogP contribution is -2.28. The van der Waals surface area contributed by atoms with E-state index in [1.165, 1.54) is 0 Å². The van der Waals surface area contributed by atoms with Gasteiger partial charge in [-0.05, 0) is 81.5 Å². The Morgan fingerprint density at radius 3 is 1.77 bits per heavy atom. The topological polar surface area (TPSA) is 25.8 Å². The summed E-state index contributed by atoms with van der Waals surface area (Å²) in [6.45, 7) is 0. The van der Waals surface area contributed by atoms with Gasteiger partial charge >= 0.3 is 0 Å². The minimum atomic E-state index is -2.42. The molecule has 6 aromatic carbocycles. The molecule has 2 nitrogen and oxygen atoms in total. The summed E-state index contributed by atoms with van der Waals surface area (Å²) in [5.74, 6) is 0.572. The van der Waals surface area contributed by atoms with Crippen LogP contribution in [-0.4, -0.2) is 9.97 Å². The van der Waals surface area contributed by atoms with Crippen LogP contribution in [-0.2, 0) is 5.41 Å². The second-order valence-electron chi connectivity index (χ2n) is 12.1. The van der Waals surface area contributed by atoms with Gasteiger partial charge in [0.1, 0.15) is 0 Å². The van der Waals surface area contributed by atoms with Gasteiger partial charge in [0.05, 0.1) is 21.0 Å². The van der Waals surface area contributed by atoms with Crippen molar-refractivity contribution in [2.75, 3.05) is 0 Å². The first-order valence-electron chi connectivity index (χ1n) is 21.6. The molecule has 230 valence electrons. The number of aromatic nitrogens is 2. The molecule has 9 rings (SSSR count). The van der Waals surface area contributed by atoms with Gasteiger partial charge in [-0.1, -0.05) is 153 Å². The maximum Gasteiger partial charge on any atom is 0.160 e. The Hall–Kier alpha value is -5.60. The fraction of sp³-hybridized carbons (Fsp3) is 0.130. The molecule has 1 saturated carbocycles. The molecule has 0 atom stereocenters. The van der Waals surface area contributed by atoms with Gasteiger partial charge in [0.15, 0.2) is 5.82 Å². The van der Waals surface area contributed by atoms with Crippen LogP contribution >= 0.6 is 0 Å². The summed E-state index contributed by atoms with van der Waals surface area (Å²) in [5, 5.41) is 0. The van der Waals surface area contributed by atoms with Crippen LogP contribution in [0.1, 0.15) is 58.2 Å². The zero-order chi connectivity index (χ0) is 41.6. The molecule has 0 aliphatic heterocycles. The van der Waals surface area contributed by atoms with Crippen molar-refractivity contribution in [3.63, 3.8) is 0 Å². The Labute approximate surface area is 298 Å². The summed E-state index contributed by atoms with van der Waals surface area (Å²) >= 11 is 0. The number of rotatable bonds is 5. The van der Waals surface area contributed by atoms with E-state index in [4.69, 9.17) is 15.5 Å². The first-order valence-corrected chi connectivity index (χ1v) is 16.1. The van der Waals surface area contributed by atoms with Crippen LogP contribution in [0, 0.1) is 0 Å². The Kier molecular flexibility index (Phi) is 4.77. The van der Waals surface area contributed by atoms with Crippen molar-refractivity contribution in [1.82, 2.24) is 9.97 Å². The van der Waals surface area contributed by atoms with Crippen LogP contribution in [0.5, 0.6) is 0 Å². The average molecular weight is 628 g/mol. The smallest absolute Gasteiger partial charge is 0.160 e. The van der Waals surface area contributed by atoms with Crippen LogP contribution < -0.4 is 0 Å². The number of fused-ring (bicyclic) bond motifs is 5. The van der Waals surface area contributed by atoms with Crippen LogP contribution in [0.25, 0.3) is 67.3 Å². The van der Waals surface area contributed by atoms with E-state index in [1.807, 2.05) is 97.1 Å². The Bertz CT molecular complexity index is 2770. The molecule has 0 N–H and O–H groups in total. The second-order valence-corrected chi connectivity index (χ2v) is 12.1. The van der Waals surface area contributed by atoms with E-state index < -0.39 is 48.4 Å². The van der Waals surface area contributed by atoms with Gasteiger partial charge in [-0.15, -0.1) is 0 Å².